The van der Waals surface area contributed by atoms with Gasteiger partial charge in [0.1, 0.15) is 0 Å². The predicted molar refractivity (Wildman–Crippen MR) is 48.7 cm³/mol. The Hall–Kier alpha value is -2.25. The van der Waals surface area contributed by atoms with E-state index in [1.165, 1.54) is 0 Å². The molecule has 0 aliphatic rings. The van der Waals surface area contributed by atoms with E-state index in [0.717, 1.165) is 0 Å². The van der Waals surface area contributed by atoms with Gasteiger partial charge in [0.2, 0.25) is 17.5 Å². The number of fused-ring (bicyclic) bond motifs is 1. The zero-order valence-corrected chi connectivity index (χ0v) is 8.23. The topological polar surface area (TPSA) is 60.7 Å². The molecule has 0 aromatic heterocycles. The van der Waals surface area contributed by atoms with Gasteiger partial charge in [0.25, 0.3) is 0 Å². The molecule has 2 aromatic rings. The predicted octanol–water partition coefficient (Wildman–Crippen LogP) is 2.65. The van der Waals surface area contributed by atoms with Gasteiger partial charge >= 0.3 is 0 Å². The van der Waals surface area contributed by atoms with Gasteiger partial charge in [0.05, 0.1) is 10.8 Å². The van der Waals surface area contributed by atoms with Crippen LogP contribution in [-0.4, -0.2) is 15.3 Å². The van der Waals surface area contributed by atoms with Crippen molar-refractivity contribution >= 4 is 10.8 Å². The normalized spacial score (nSPS) is 11.2. The van der Waals surface area contributed by atoms with Gasteiger partial charge in [-0.05, 0) is 0 Å². The molecule has 0 fully saturated rings. The highest BCUT2D eigenvalue weighted by molar-refractivity contribution is 5.98. The molecule has 2 aromatic carbocycles. The minimum absolute atomic E-state index is 1.26. The molecule has 3 nitrogen and oxygen atoms in total. The molecule has 0 saturated heterocycles. The number of hydrogen-bond donors (Lipinski definition) is 3. The zero-order chi connectivity index (χ0) is 13.8. The third kappa shape index (κ3) is 1.28. The Balaban J connectivity index is 3.22. The van der Waals surface area contributed by atoms with Gasteiger partial charge < -0.3 is 15.3 Å². The quantitative estimate of drug-likeness (QED) is 0.390. The van der Waals surface area contributed by atoms with Gasteiger partial charge in [0.15, 0.2) is 28.9 Å². The Kier molecular flexibility index (Phi) is 2.46. The lowest BCUT2D eigenvalue weighted by Crippen LogP contribution is -1.98. The van der Waals surface area contributed by atoms with Crippen LogP contribution < -0.4 is 0 Å². The second-order valence-electron chi connectivity index (χ2n) is 3.37. The Morgan fingerprint density at radius 1 is 0.444 bits per heavy atom. The van der Waals surface area contributed by atoms with Crippen molar-refractivity contribution in [3.05, 3.63) is 29.1 Å². The summed E-state index contributed by atoms with van der Waals surface area (Å²) in [5.41, 5.74) is 0. The highest BCUT2D eigenvalue weighted by Gasteiger charge is 2.29. The van der Waals surface area contributed by atoms with Crippen molar-refractivity contribution in [2.24, 2.45) is 0 Å². The average molecular weight is 266 g/mol. The lowest BCUT2D eigenvalue weighted by molar-refractivity contribution is 0.367. The monoisotopic (exact) mass is 266 g/mol. The van der Waals surface area contributed by atoms with Crippen molar-refractivity contribution in [1.82, 2.24) is 0 Å². The fraction of sp³-hybridized carbons (Fsp3) is 0. The Labute approximate surface area is 95.3 Å². The van der Waals surface area contributed by atoms with Crippen molar-refractivity contribution in [2.45, 2.75) is 0 Å². The summed E-state index contributed by atoms with van der Waals surface area (Å²) in [7, 11) is 0. The van der Waals surface area contributed by atoms with Crippen LogP contribution in [-0.2, 0) is 0 Å². The number of phenols is 3. The minimum Gasteiger partial charge on any atom is -0.504 e. The zero-order valence-electron chi connectivity index (χ0n) is 8.23. The fourth-order valence-electron chi connectivity index (χ4n) is 1.53. The van der Waals surface area contributed by atoms with E-state index in [1.54, 1.807) is 0 Å². The fourth-order valence-corrected chi connectivity index (χ4v) is 1.53. The summed E-state index contributed by atoms with van der Waals surface area (Å²) in [5, 5.41) is 24.8. The van der Waals surface area contributed by atoms with Crippen LogP contribution >= 0.6 is 0 Å². The van der Waals surface area contributed by atoms with E-state index < -0.39 is 57.1 Å². The molecule has 0 atom stereocenters. The van der Waals surface area contributed by atoms with E-state index >= 15 is 0 Å². The Bertz CT molecular complexity index is 570. The van der Waals surface area contributed by atoms with Gasteiger partial charge in [-0.2, -0.15) is 13.2 Å². The summed E-state index contributed by atoms with van der Waals surface area (Å²) >= 11 is 0. The SMILES string of the molecule is Oc1c(F)c(F)c(O)c2c(F)c(F)c(F)c(O)c12. The summed E-state index contributed by atoms with van der Waals surface area (Å²) in [6.07, 6.45) is 0. The molecule has 96 valence electrons. The Morgan fingerprint density at radius 3 is 1.22 bits per heavy atom. The van der Waals surface area contributed by atoms with Crippen LogP contribution in [0.5, 0.6) is 17.2 Å². The molecule has 0 radical (unpaired) electrons. The van der Waals surface area contributed by atoms with E-state index in [0.29, 0.717) is 0 Å². The summed E-state index contributed by atoms with van der Waals surface area (Å²) < 4.78 is 65.3. The first-order chi connectivity index (χ1) is 8.29. The third-order valence-electron chi connectivity index (χ3n) is 2.38. The van der Waals surface area contributed by atoms with E-state index in [9.17, 15) is 22.0 Å². The first-order valence-corrected chi connectivity index (χ1v) is 4.37. The molecule has 18 heavy (non-hydrogen) atoms. The first kappa shape index (κ1) is 12.2. The number of rotatable bonds is 0. The van der Waals surface area contributed by atoms with E-state index in [4.69, 9.17) is 15.3 Å². The lowest BCUT2D eigenvalue weighted by atomic mass is 10.0. The number of aromatic hydroxyl groups is 3. The maximum absolute atomic E-state index is 13.3. The van der Waals surface area contributed by atoms with Gasteiger partial charge in [0, 0.05) is 0 Å². The van der Waals surface area contributed by atoms with Gasteiger partial charge in [-0.1, -0.05) is 0 Å². The van der Waals surface area contributed by atoms with Crippen LogP contribution in [0.3, 0.4) is 0 Å². The van der Waals surface area contributed by atoms with E-state index in [2.05, 4.69) is 0 Å². The standard InChI is InChI=1S/C10H3F5O3/c11-3-1-2(9(17)5(13)4(3)12)10(18)7(15)6(14)8(1)16/h16-18H. The molecule has 0 spiro atoms. The first-order valence-electron chi connectivity index (χ1n) is 4.37. The van der Waals surface area contributed by atoms with Crippen molar-refractivity contribution in [3.63, 3.8) is 0 Å². The van der Waals surface area contributed by atoms with Crippen molar-refractivity contribution in [1.29, 1.82) is 0 Å². The molecular formula is C10H3F5O3. The number of halogens is 5. The second-order valence-corrected chi connectivity index (χ2v) is 3.37. The smallest absolute Gasteiger partial charge is 0.205 e. The molecule has 0 amide bonds. The van der Waals surface area contributed by atoms with Crippen molar-refractivity contribution in [3.8, 4) is 17.2 Å². The van der Waals surface area contributed by atoms with Crippen LogP contribution in [0.25, 0.3) is 10.8 Å². The summed E-state index contributed by atoms with van der Waals surface area (Å²) in [4.78, 5) is 0. The molecule has 0 saturated carbocycles. The van der Waals surface area contributed by atoms with Crippen LogP contribution in [0.15, 0.2) is 0 Å². The molecule has 0 heterocycles. The molecule has 0 aliphatic heterocycles. The summed E-state index contributed by atoms with van der Waals surface area (Å²) in [6.45, 7) is 0. The number of benzene rings is 2. The minimum atomic E-state index is -2.19. The molecular weight excluding hydrogens is 263 g/mol. The van der Waals surface area contributed by atoms with Gasteiger partial charge in [-0.15, -0.1) is 0 Å². The number of phenolic OH excluding ortho intramolecular Hbond substituents is 3. The van der Waals surface area contributed by atoms with Crippen LogP contribution in [0.1, 0.15) is 0 Å². The Morgan fingerprint density at radius 2 is 0.778 bits per heavy atom. The maximum atomic E-state index is 13.3. The molecule has 3 N–H and O–H groups in total. The molecule has 0 aliphatic carbocycles. The van der Waals surface area contributed by atoms with Gasteiger partial charge in [-0.3, -0.25) is 0 Å². The summed E-state index contributed by atoms with van der Waals surface area (Å²) in [6, 6.07) is 0. The van der Waals surface area contributed by atoms with E-state index in [-0.39, 0.29) is 0 Å². The molecule has 0 bridgehead atoms. The average Bonchev–Trinajstić information content (AvgIpc) is 2.35. The molecule has 2 rings (SSSR count). The second kappa shape index (κ2) is 3.62. The third-order valence-corrected chi connectivity index (χ3v) is 2.38. The maximum Gasteiger partial charge on any atom is 0.205 e. The number of hydrogen-bond acceptors (Lipinski definition) is 3. The summed E-state index contributed by atoms with van der Waals surface area (Å²) in [5.74, 6) is -15.4. The van der Waals surface area contributed by atoms with Crippen LogP contribution in [0.2, 0.25) is 0 Å². The van der Waals surface area contributed by atoms with Crippen molar-refractivity contribution < 1.29 is 37.3 Å². The van der Waals surface area contributed by atoms with Crippen LogP contribution in [0, 0.1) is 29.1 Å². The lowest BCUT2D eigenvalue weighted by Gasteiger charge is -2.10. The molecule has 8 heteroatoms. The largest absolute Gasteiger partial charge is 0.504 e. The molecule has 0 unspecified atom stereocenters. The van der Waals surface area contributed by atoms with Gasteiger partial charge in [-0.25, -0.2) is 8.78 Å². The van der Waals surface area contributed by atoms with E-state index in [1.807, 2.05) is 0 Å². The highest BCUT2D eigenvalue weighted by atomic mass is 19.2. The highest BCUT2D eigenvalue weighted by Crippen LogP contribution is 2.45. The van der Waals surface area contributed by atoms with Crippen molar-refractivity contribution in [2.75, 3.05) is 0 Å². The van der Waals surface area contributed by atoms with Crippen LogP contribution in [0.4, 0.5) is 22.0 Å².